The van der Waals surface area contributed by atoms with E-state index in [0.29, 0.717) is 5.56 Å². The standard InChI is InChI=1S/C8H6F2O.C2H7NO.C2H6/c1-5-2-7(9)6(4-11)8(10)3-5;1-3-4-2;1-2/h2-4H,1H3;3H,1-2H3;1-2H3. The number of carbonyl (C=O) groups excluding carboxylic acids is 1. The second-order valence-corrected chi connectivity index (χ2v) is 2.67. The van der Waals surface area contributed by atoms with E-state index in [0.717, 1.165) is 12.1 Å². The fraction of sp³-hybridized carbons (Fsp3) is 0.417. The number of halogens is 2. The van der Waals surface area contributed by atoms with Crippen molar-refractivity contribution in [3.63, 3.8) is 0 Å². The Morgan fingerprint density at radius 2 is 1.59 bits per heavy atom. The van der Waals surface area contributed by atoms with Crippen molar-refractivity contribution >= 4 is 6.29 Å². The van der Waals surface area contributed by atoms with Crippen molar-refractivity contribution < 1.29 is 18.4 Å². The zero-order chi connectivity index (χ0) is 13.8. The summed E-state index contributed by atoms with van der Waals surface area (Å²) in [5, 5.41) is 0. The number of hydroxylamine groups is 1. The number of aryl methyl sites for hydroxylation is 1. The monoisotopic (exact) mass is 247 g/mol. The molecule has 0 atom stereocenters. The van der Waals surface area contributed by atoms with Crippen LogP contribution in [0.3, 0.4) is 0 Å². The van der Waals surface area contributed by atoms with Gasteiger partial charge in [0.25, 0.3) is 0 Å². The van der Waals surface area contributed by atoms with Crippen LogP contribution in [-0.2, 0) is 4.84 Å². The molecular formula is C12H19F2NO2. The third-order valence-electron chi connectivity index (χ3n) is 1.55. The molecule has 0 aromatic heterocycles. The molecule has 98 valence electrons. The largest absolute Gasteiger partial charge is 0.305 e. The fourth-order valence-electron chi connectivity index (χ4n) is 0.824. The molecule has 5 heteroatoms. The Labute approximate surface area is 101 Å². The summed E-state index contributed by atoms with van der Waals surface area (Å²) in [6.07, 6.45) is 0.171. The number of rotatable bonds is 2. The number of hydrogen-bond donors (Lipinski definition) is 1. The summed E-state index contributed by atoms with van der Waals surface area (Å²) in [4.78, 5) is 14.4. The molecular weight excluding hydrogens is 228 g/mol. The first-order chi connectivity index (χ1) is 8.06. The molecule has 0 aliphatic rings. The first-order valence-electron chi connectivity index (χ1n) is 5.17. The second kappa shape index (κ2) is 11.2. The van der Waals surface area contributed by atoms with E-state index < -0.39 is 17.2 Å². The number of hydrogen-bond acceptors (Lipinski definition) is 3. The highest BCUT2D eigenvalue weighted by Crippen LogP contribution is 2.12. The van der Waals surface area contributed by atoms with Crippen molar-refractivity contribution in [1.82, 2.24) is 5.48 Å². The highest BCUT2D eigenvalue weighted by atomic mass is 19.1. The Morgan fingerprint density at radius 1 is 1.24 bits per heavy atom. The van der Waals surface area contributed by atoms with Crippen LogP contribution in [0.15, 0.2) is 12.1 Å². The molecule has 0 spiro atoms. The van der Waals surface area contributed by atoms with Crippen molar-refractivity contribution in [2.75, 3.05) is 14.2 Å². The molecule has 1 rings (SSSR count). The van der Waals surface area contributed by atoms with Crippen LogP contribution in [0.25, 0.3) is 0 Å². The van der Waals surface area contributed by atoms with Gasteiger partial charge >= 0.3 is 0 Å². The van der Waals surface area contributed by atoms with E-state index in [-0.39, 0.29) is 6.29 Å². The smallest absolute Gasteiger partial charge is 0.155 e. The van der Waals surface area contributed by atoms with Crippen molar-refractivity contribution in [3.8, 4) is 0 Å². The Morgan fingerprint density at radius 3 is 1.82 bits per heavy atom. The molecule has 0 fully saturated rings. The summed E-state index contributed by atoms with van der Waals surface area (Å²) in [7, 11) is 3.28. The zero-order valence-electron chi connectivity index (χ0n) is 10.8. The Hall–Kier alpha value is -1.33. The molecule has 0 unspecified atom stereocenters. The summed E-state index contributed by atoms with van der Waals surface area (Å²) in [6.45, 7) is 5.56. The normalized spacial score (nSPS) is 8.41. The lowest BCUT2D eigenvalue weighted by Gasteiger charge is -1.97. The summed E-state index contributed by atoms with van der Waals surface area (Å²) in [6, 6.07) is 2.24. The third-order valence-corrected chi connectivity index (χ3v) is 1.55. The van der Waals surface area contributed by atoms with Crippen LogP contribution in [0.4, 0.5) is 8.78 Å². The maximum atomic E-state index is 12.6. The average Bonchev–Trinajstić information content (AvgIpc) is 2.31. The lowest BCUT2D eigenvalue weighted by molar-refractivity contribution is 0.111. The molecule has 0 heterocycles. The van der Waals surface area contributed by atoms with Crippen molar-refractivity contribution in [1.29, 1.82) is 0 Å². The van der Waals surface area contributed by atoms with Crippen LogP contribution in [0.5, 0.6) is 0 Å². The van der Waals surface area contributed by atoms with E-state index in [4.69, 9.17) is 0 Å². The third kappa shape index (κ3) is 7.54. The van der Waals surface area contributed by atoms with Gasteiger partial charge in [0.2, 0.25) is 0 Å². The minimum Gasteiger partial charge on any atom is -0.305 e. The van der Waals surface area contributed by atoms with Crippen LogP contribution in [0.2, 0.25) is 0 Å². The van der Waals surface area contributed by atoms with Gasteiger partial charge in [0, 0.05) is 7.05 Å². The fourth-order valence-corrected chi connectivity index (χ4v) is 0.824. The van der Waals surface area contributed by atoms with Gasteiger partial charge in [-0.3, -0.25) is 4.79 Å². The lowest BCUT2D eigenvalue weighted by Crippen LogP contribution is -2.00. The molecule has 0 radical (unpaired) electrons. The molecule has 0 aliphatic carbocycles. The lowest BCUT2D eigenvalue weighted by atomic mass is 10.1. The zero-order valence-corrected chi connectivity index (χ0v) is 10.8. The highest BCUT2D eigenvalue weighted by Gasteiger charge is 2.07. The molecule has 0 saturated heterocycles. The van der Waals surface area contributed by atoms with Gasteiger partial charge in [0.05, 0.1) is 12.7 Å². The van der Waals surface area contributed by atoms with Gasteiger partial charge < -0.3 is 4.84 Å². The first-order valence-corrected chi connectivity index (χ1v) is 5.17. The summed E-state index contributed by atoms with van der Waals surface area (Å²) in [5.74, 6) is -1.62. The van der Waals surface area contributed by atoms with Crippen LogP contribution in [0.1, 0.15) is 29.8 Å². The van der Waals surface area contributed by atoms with Gasteiger partial charge in [0.15, 0.2) is 6.29 Å². The van der Waals surface area contributed by atoms with E-state index in [1.54, 1.807) is 21.1 Å². The van der Waals surface area contributed by atoms with Crippen molar-refractivity contribution in [3.05, 3.63) is 34.9 Å². The number of nitrogens with one attached hydrogen (secondary N) is 1. The molecule has 1 aromatic rings. The predicted molar refractivity (Wildman–Crippen MR) is 63.9 cm³/mol. The quantitative estimate of drug-likeness (QED) is 0.645. The second-order valence-electron chi connectivity index (χ2n) is 2.67. The number of carbonyl (C=O) groups is 1. The number of aldehydes is 1. The van der Waals surface area contributed by atoms with E-state index in [1.165, 1.54) is 0 Å². The summed E-state index contributed by atoms with van der Waals surface area (Å²) < 4.78 is 25.3. The van der Waals surface area contributed by atoms with E-state index in [1.807, 2.05) is 13.8 Å². The average molecular weight is 247 g/mol. The maximum Gasteiger partial charge on any atom is 0.155 e. The Kier molecular flexibility index (Phi) is 11.9. The molecule has 0 bridgehead atoms. The maximum absolute atomic E-state index is 12.6. The molecule has 3 nitrogen and oxygen atoms in total. The minimum atomic E-state index is -0.808. The minimum absolute atomic E-state index is 0.171. The number of benzene rings is 1. The highest BCUT2D eigenvalue weighted by molar-refractivity contribution is 5.75. The van der Waals surface area contributed by atoms with Crippen molar-refractivity contribution in [2.24, 2.45) is 0 Å². The Balaban J connectivity index is 0. The SMILES string of the molecule is CC.CNOC.Cc1cc(F)c(C=O)c(F)c1. The van der Waals surface area contributed by atoms with E-state index >= 15 is 0 Å². The van der Waals surface area contributed by atoms with Crippen LogP contribution >= 0.6 is 0 Å². The van der Waals surface area contributed by atoms with Gasteiger partial charge in [-0.25, -0.2) is 14.3 Å². The van der Waals surface area contributed by atoms with Gasteiger partial charge in [-0.2, -0.15) is 0 Å². The van der Waals surface area contributed by atoms with Gasteiger partial charge in [0.1, 0.15) is 11.6 Å². The van der Waals surface area contributed by atoms with Gasteiger partial charge in [-0.05, 0) is 24.6 Å². The van der Waals surface area contributed by atoms with Crippen LogP contribution < -0.4 is 5.48 Å². The molecule has 1 N–H and O–H groups in total. The topological polar surface area (TPSA) is 38.3 Å². The van der Waals surface area contributed by atoms with Crippen molar-refractivity contribution in [2.45, 2.75) is 20.8 Å². The summed E-state index contributed by atoms with van der Waals surface area (Å²) in [5.41, 5.74) is 2.39. The predicted octanol–water partition coefficient (Wildman–Crippen LogP) is 2.88. The first kappa shape index (κ1) is 18.0. The van der Waals surface area contributed by atoms with E-state index in [9.17, 15) is 13.6 Å². The van der Waals surface area contributed by atoms with Gasteiger partial charge in [-0.1, -0.05) is 13.8 Å². The van der Waals surface area contributed by atoms with Gasteiger partial charge in [-0.15, -0.1) is 0 Å². The Bertz CT molecular complexity index is 305. The summed E-state index contributed by atoms with van der Waals surface area (Å²) >= 11 is 0. The molecule has 0 saturated carbocycles. The molecule has 1 aromatic carbocycles. The molecule has 17 heavy (non-hydrogen) atoms. The van der Waals surface area contributed by atoms with Crippen LogP contribution in [-0.4, -0.2) is 20.4 Å². The van der Waals surface area contributed by atoms with E-state index in [2.05, 4.69) is 10.3 Å². The molecule has 0 aliphatic heterocycles. The van der Waals surface area contributed by atoms with Crippen LogP contribution in [0, 0.1) is 18.6 Å². The molecule has 0 amide bonds.